The van der Waals surface area contributed by atoms with Crippen LogP contribution in [0.5, 0.6) is 0 Å². The minimum Gasteiger partial charge on any atom is -0.311 e. The van der Waals surface area contributed by atoms with Gasteiger partial charge in [0.05, 0.1) is 17.6 Å². The normalized spacial score (nSPS) is 19.1. The molecule has 0 bridgehead atoms. The van der Waals surface area contributed by atoms with Gasteiger partial charge in [0.1, 0.15) is 0 Å². The van der Waals surface area contributed by atoms with E-state index in [1.807, 2.05) is 6.20 Å². The van der Waals surface area contributed by atoms with E-state index in [1.54, 1.807) is 0 Å². The van der Waals surface area contributed by atoms with Crippen molar-refractivity contribution in [2.24, 2.45) is 0 Å². The van der Waals surface area contributed by atoms with Crippen molar-refractivity contribution in [3.05, 3.63) is 47.3 Å². The highest BCUT2D eigenvalue weighted by Gasteiger charge is 2.20. The lowest BCUT2D eigenvalue weighted by atomic mass is 9.98. The second kappa shape index (κ2) is 4.00. The molecular formula is C14H17N3. The fourth-order valence-electron chi connectivity index (χ4n) is 2.47. The van der Waals surface area contributed by atoms with Gasteiger partial charge in [-0.3, -0.25) is 0 Å². The topological polar surface area (TPSA) is 29.9 Å². The zero-order valence-electron chi connectivity index (χ0n) is 10.3. The first-order chi connectivity index (χ1) is 8.25. The molecule has 0 spiro atoms. The zero-order valence-corrected chi connectivity index (χ0v) is 10.3. The molecule has 1 aliphatic rings. The van der Waals surface area contributed by atoms with Gasteiger partial charge in [0, 0.05) is 13.1 Å². The SMILES string of the molecule is Cc1cccc(-n2ncc3c2CNCC3C)c1. The monoisotopic (exact) mass is 227 g/mol. The number of hydrogen-bond donors (Lipinski definition) is 1. The van der Waals surface area contributed by atoms with Crippen molar-refractivity contribution in [1.29, 1.82) is 0 Å². The molecule has 0 aliphatic carbocycles. The molecule has 1 aliphatic heterocycles. The van der Waals surface area contributed by atoms with Crippen LogP contribution in [0.3, 0.4) is 0 Å². The fourth-order valence-corrected chi connectivity index (χ4v) is 2.47. The van der Waals surface area contributed by atoms with E-state index in [1.165, 1.54) is 16.8 Å². The van der Waals surface area contributed by atoms with E-state index in [-0.39, 0.29) is 0 Å². The Morgan fingerprint density at radius 1 is 1.41 bits per heavy atom. The summed E-state index contributed by atoms with van der Waals surface area (Å²) < 4.78 is 2.06. The lowest BCUT2D eigenvalue weighted by molar-refractivity contribution is 0.554. The highest BCUT2D eigenvalue weighted by atomic mass is 15.3. The molecule has 88 valence electrons. The molecule has 0 saturated heterocycles. The third-order valence-corrected chi connectivity index (χ3v) is 3.42. The number of nitrogens with one attached hydrogen (secondary N) is 1. The largest absolute Gasteiger partial charge is 0.311 e. The first-order valence-corrected chi connectivity index (χ1v) is 6.10. The van der Waals surface area contributed by atoms with Crippen molar-refractivity contribution in [2.45, 2.75) is 26.3 Å². The summed E-state index contributed by atoms with van der Waals surface area (Å²) in [7, 11) is 0. The summed E-state index contributed by atoms with van der Waals surface area (Å²) >= 11 is 0. The molecule has 3 rings (SSSR count). The van der Waals surface area contributed by atoms with Crippen molar-refractivity contribution in [3.63, 3.8) is 0 Å². The Morgan fingerprint density at radius 2 is 2.29 bits per heavy atom. The van der Waals surface area contributed by atoms with Gasteiger partial charge < -0.3 is 5.32 Å². The molecule has 3 heteroatoms. The molecule has 0 radical (unpaired) electrons. The van der Waals surface area contributed by atoms with Gasteiger partial charge in [0.2, 0.25) is 0 Å². The third-order valence-electron chi connectivity index (χ3n) is 3.42. The average molecular weight is 227 g/mol. The molecule has 1 atom stereocenters. The molecule has 0 saturated carbocycles. The van der Waals surface area contributed by atoms with Crippen molar-refractivity contribution in [1.82, 2.24) is 15.1 Å². The second-order valence-corrected chi connectivity index (χ2v) is 4.83. The van der Waals surface area contributed by atoms with E-state index in [9.17, 15) is 0 Å². The minimum absolute atomic E-state index is 0.553. The van der Waals surface area contributed by atoms with E-state index in [4.69, 9.17) is 0 Å². The Morgan fingerprint density at radius 3 is 3.12 bits per heavy atom. The molecule has 2 heterocycles. The van der Waals surface area contributed by atoms with Crippen molar-refractivity contribution < 1.29 is 0 Å². The summed E-state index contributed by atoms with van der Waals surface area (Å²) in [5.74, 6) is 0.553. The summed E-state index contributed by atoms with van der Waals surface area (Å²) in [5, 5.41) is 7.98. The summed E-state index contributed by atoms with van der Waals surface area (Å²) in [6, 6.07) is 8.48. The summed E-state index contributed by atoms with van der Waals surface area (Å²) in [6.45, 7) is 6.31. The van der Waals surface area contributed by atoms with Gasteiger partial charge in [-0.05, 0) is 36.1 Å². The Kier molecular flexibility index (Phi) is 2.48. The summed E-state index contributed by atoms with van der Waals surface area (Å²) in [5.41, 5.74) is 5.10. The molecule has 1 aromatic heterocycles. The average Bonchev–Trinajstić information content (AvgIpc) is 2.74. The van der Waals surface area contributed by atoms with Gasteiger partial charge in [0.25, 0.3) is 0 Å². The predicted molar refractivity (Wildman–Crippen MR) is 68.4 cm³/mol. The van der Waals surface area contributed by atoms with Crippen LogP contribution >= 0.6 is 0 Å². The third kappa shape index (κ3) is 1.76. The predicted octanol–water partition coefficient (Wildman–Crippen LogP) is 2.39. The lowest BCUT2D eigenvalue weighted by Gasteiger charge is -2.20. The number of hydrogen-bond acceptors (Lipinski definition) is 2. The number of nitrogens with zero attached hydrogens (tertiary/aromatic N) is 2. The second-order valence-electron chi connectivity index (χ2n) is 4.83. The lowest BCUT2D eigenvalue weighted by Crippen LogP contribution is -2.27. The highest BCUT2D eigenvalue weighted by molar-refractivity contribution is 5.39. The first-order valence-electron chi connectivity index (χ1n) is 6.10. The molecule has 3 nitrogen and oxygen atoms in total. The van der Waals surface area contributed by atoms with Crippen molar-refractivity contribution in [2.75, 3.05) is 6.54 Å². The van der Waals surface area contributed by atoms with Crippen LogP contribution in [0.4, 0.5) is 0 Å². The van der Waals surface area contributed by atoms with Gasteiger partial charge in [-0.2, -0.15) is 5.10 Å². The molecule has 1 N–H and O–H groups in total. The molecular weight excluding hydrogens is 210 g/mol. The Labute approximate surface area is 101 Å². The van der Waals surface area contributed by atoms with Crippen molar-refractivity contribution >= 4 is 0 Å². The standard InChI is InChI=1S/C14H17N3/c1-10-4-3-5-12(6-10)17-14-9-15-7-11(2)13(14)8-16-17/h3-6,8,11,15H,7,9H2,1-2H3. The smallest absolute Gasteiger partial charge is 0.0652 e. The van der Waals surface area contributed by atoms with Crippen LogP contribution in [0.15, 0.2) is 30.5 Å². The maximum atomic E-state index is 4.54. The highest BCUT2D eigenvalue weighted by Crippen LogP contribution is 2.25. The summed E-state index contributed by atoms with van der Waals surface area (Å²) in [4.78, 5) is 0. The number of benzene rings is 1. The van der Waals surface area contributed by atoms with Crippen LogP contribution in [0.1, 0.15) is 29.7 Å². The van der Waals surface area contributed by atoms with Crippen LogP contribution in [0.25, 0.3) is 5.69 Å². The molecule has 1 aromatic carbocycles. The van der Waals surface area contributed by atoms with E-state index in [0.29, 0.717) is 5.92 Å². The molecule has 0 amide bonds. The number of rotatable bonds is 1. The van der Waals surface area contributed by atoms with E-state index < -0.39 is 0 Å². The minimum atomic E-state index is 0.553. The van der Waals surface area contributed by atoms with Crippen LogP contribution in [0.2, 0.25) is 0 Å². The summed E-state index contributed by atoms with van der Waals surface area (Å²) in [6.07, 6.45) is 2.02. The maximum absolute atomic E-state index is 4.54. The maximum Gasteiger partial charge on any atom is 0.0652 e. The van der Waals surface area contributed by atoms with Crippen LogP contribution in [-0.4, -0.2) is 16.3 Å². The van der Waals surface area contributed by atoms with Gasteiger partial charge >= 0.3 is 0 Å². The van der Waals surface area contributed by atoms with E-state index in [0.717, 1.165) is 18.8 Å². The molecule has 2 aromatic rings. The van der Waals surface area contributed by atoms with Gasteiger partial charge in [0.15, 0.2) is 0 Å². The molecule has 0 fully saturated rings. The molecule has 1 unspecified atom stereocenters. The van der Waals surface area contributed by atoms with Gasteiger partial charge in [-0.25, -0.2) is 4.68 Å². The fraction of sp³-hybridized carbons (Fsp3) is 0.357. The van der Waals surface area contributed by atoms with E-state index >= 15 is 0 Å². The zero-order chi connectivity index (χ0) is 11.8. The first kappa shape index (κ1) is 10.5. The van der Waals surface area contributed by atoms with Crippen LogP contribution in [0, 0.1) is 6.92 Å². The van der Waals surface area contributed by atoms with Crippen LogP contribution < -0.4 is 5.32 Å². The van der Waals surface area contributed by atoms with Gasteiger partial charge in [-0.1, -0.05) is 19.1 Å². The Balaban J connectivity index is 2.10. The molecule has 17 heavy (non-hydrogen) atoms. The quantitative estimate of drug-likeness (QED) is 0.810. The van der Waals surface area contributed by atoms with E-state index in [2.05, 4.69) is 53.2 Å². The van der Waals surface area contributed by atoms with Gasteiger partial charge in [-0.15, -0.1) is 0 Å². The Bertz CT molecular complexity index is 542. The number of aromatic nitrogens is 2. The number of aryl methyl sites for hydroxylation is 1. The van der Waals surface area contributed by atoms with Crippen LogP contribution in [-0.2, 0) is 6.54 Å². The Hall–Kier alpha value is -1.61. The number of fused-ring (bicyclic) bond motifs is 1. The van der Waals surface area contributed by atoms with Crippen molar-refractivity contribution in [3.8, 4) is 5.69 Å².